The number of ether oxygens (including phenoxy) is 1. The van der Waals surface area contributed by atoms with E-state index < -0.39 is 6.10 Å². The van der Waals surface area contributed by atoms with Gasteiger partial charge >= 0.3 is 0 Å². The number of nitrogens with zero attached hydrogens (tertiary/aromatic N) is 2. The number of hydrogen-bond acceptors (Lipinski definition) is 4. The first-order chi connectivity index (χ1) is 8.20. The minimum absolute atomic E-state index is 0.00549. The van der Waals surface area contributed by atoms with Crippen molar-refractivity contribution in [3.8, 4) is 6.07 Å². The van der Waals surface area contributed by atoms with Crippen LogP contribution in [-0.2, 0) is 14.3 Å². The Morgan fingerprint density at radius 1 is 1.59 bits per heavy atom. The maximum absolute atomic E-state index is 12.1. The molecule has 2 atom stereocenters. The third kappa shape index (κ3) is 2.74. The Labute approximate surface area is 99.5 Å². The second-order valence-electron chi connectivity index (χ2n) is 4.31. The van der Waals surface area contributed by atoms with Gasteiger partial charge in [-0.15, -0.1) is 0 Å². The second kappa shape index (κ2) is 5.15. The van der Waals surface area contributed by atoms with Gasteiger partial charge < -0.3 is 15.0 Å². The van der Waals surface area contributed by atoms with E-state index in [1.54, 1.807) is 4.90 Å². The number of hydrogen-bond donors (Lipinski definition) is 1. The van der Waals surface area contributed by atoms with Crippen molar-refractivity contribution in [2.75, 3.05) is 26.2 Å². The summed E-state index contributed by atoms with van der Waals surface area (Å²) in [6.45, 7) is 1.68. The molecule has 2 unspecified atom stereocenters. The lowest BCUT2D eigenvalue weighted by molar-refractivity contribution is -0.142. The molecule has 0 aromatic carbocycles. The van der Waals surface area contributed by atoms with Crippen molar-refractivity contribution in [3.63, 3.8) is 0 Å². The van der Waals surface area contributed by atoms with Crippen LogP contribution in [0.2, 0.25) is 0 Å². The molecule has 0 radical (unpaired) electrons. The maximum Gasteiger partial charge on any atom is 0.227 e. The van der Waals surface area contributed by atoms with Crippen molar-refractivity contribution in [1.82, 2.24) is 10.2 Å². The monoisotopic (exact) mass is 237 g/mol. The maximum atomic E-state index is 12.1. The van der Waals surface area contributed by atoms with E-state index in [0.29, 0.717) is 39.1 Å². The summed E-state index contributed by atoms with van der Waals surface area (Å²) in [6, 6.07) is 2.01. The van der Waals surface area contributed by atoms with Crippen molar-refractivity contribution in [2.24, 2.45) is 5.92 Å². The standard InChI is InChI=1S/C11H15N3O3/c12-5-9-7-14(3-4-17-9)11(16)8-1-2-10(15)13-6-8/h8-9H,1-4,6-7H2,(H,13,15). The molecular formula is C11H15N3O3. The lowest BCUT2D eigenvalue weighted by Crippen LogP contribution is -2.50. The molecule has 1 N–H and O–H groups in total. The van der Waals surface area contributed by atoms with Gasteiger partial charge in [-0.1, -0.05) is 0 Å². The van der Waals surface area contributed by atoms with E-state index >= 15 is 0 Å². The van der Waals surface area contributed by atoms with Crippen LogP contribution in [0.5, 0.6) is 0 Å². The smallest absolute Gasteiger partial charge is 0.227 e. The molecule has 0 bridgehead atoms. The lowest BCUT2D eigenvalue weighted by Gasteiger charge is -2.33. The van der Waals surface area contributed by atoms with Crippen LogP contribution in [0.1, 0.15) is 12.8 Å². The third-order valence-corrected chi connectivity index (χ3v) is 3.14. The first-order valence-electron chi connectivity index (χ1n) is 5.77. The van der Waals surface area contributed by atoms with Crippen LogP contribution < -0.4 is 5.32 Å². The summed E-state index contributed by atoms with van der Waals surface area (Å²) >= 11 is 0. The SMILES string of the molecule is N#CC1CN(C(=O)C2CCC(=O)NC2)CCO1. The number of nitriles is 1. The Hall–Kier alpha value is -1.61. The van der Waals surface area contributed by atoms with Gasteiger partial charge in [0.2, 0.25) is 11.8 Å². The minimum Gasteiger partial charge on any atom is -0.360 e. The fourth-order valence-electron chi connectivity index (χ4n) is 2.13. The number of morpholine rings is 1. The van der Waals surface area contributed by atoms with Crippen LogP contribution in [0.4, 0.5) is 0 Å². The first kappa shape index (κ1) is 11.9. The molecule has 2 heterocycles. The summed E-state index contributed by atoms with van der Waals surface area (Å²) in [4.78, 5) is 24.8. The van der Waals surface area contributed by atoms with E-state index in [-0.39, 0.29) is 17.7 Å². The van der Waals surface area contributed by atoms with Gasteiger partial charge in [0.15, 0.2) is 6.10 Å². The Morgan fingerprint density at radius 2 is 2.41 bits per heavy atom. The predicted molar refractivity (Wildman–Crippen MR) is 57.7 cm³/mol. The summed E-state index contributed by atoms with van der Waals surface area (Å²) in [6.07, 6.45) is 0.479. The Balaban J connectivity index is 1.91. The topological polar surface area (TPSA) is 82.4 Å². The second-order valence-corrected chi connectivity index (χ2v) is 4.31. The van der Waals surface area contributed by atoms with E-state index in [9.17, 15) is 9.59 Å². The quantitative estimate of drug-likeness (QED) is 0.651. The fourth-order valence-corrected chi connectivity index (χ4v) is 2.13. The molecule has 6 nitrogen and oxygen atoms in total. The van der Waals surface area contributed by atoms with Crippen molar-refractivity contribution in [3.05, 3.63) is 0 Å². The lowest BCUT2D eigenvalue weighted by atomic mass is 9.97. The molecule has 0 saturated carbocycles. The van der Waals surface area contributed by atoms with Crippen molar-refractivity contribution >= 4 is 11.8 Å². The average molecular weight is 237 g/mol. The van der Waals surface area contributed by atoms with Crippen LogP contribution in [0, 0.1) is 17.2 Å². The highest BCUT2D eigenvalue weighted by Crippen LogP contribution is 2.16. The molecule has 92 valence electrons. The van der Waals surface area contributed by atoms with E-state index in [0.717, 1.165) is 0 Å². The van der Waals surface area contributed by atoms with Crippen LogP contribution in [0.15, 0.2) is 0 Å². The number of rotatable bonds is 1. The third-order valence-electron chi connectivity index (χ3n) is 3.14. The van der Waals surface area contributed by atoms with Gasteiger partial charge in [-0.3, -0.25) is 9.59 Å². The van der Waals surface area contributed by atoms with Gasteiger partial charge in [-0.2, -0.15) is 5.26 Å². The average Bonchev–Trinajstić information content (AvgIpc) is 2.39. The highest BCUT2D eigenvalue weighted by Gasteiger charge is 2.31. The van der Waals surface area contributed by atoms with Crippen molar-refractivity contribution < 1.29 is 14.3 Å². The van der Waals surface area contributed by atoms with E-state index in [2.05, 4.69) is 5.32 Å². The highest BCUT2D eigenvalue weighted by molar-refractivity contribution is 5.83. The normalized spacial score (nSPS) is 29.4. The zero-order chi connectivity index (χ0) is 12.3. The fraction of sp³-hybridized carbons (Fsp3) is 0.727. The first-order valence-corrected chi connectivity index (χ1v) is 5.77. The molecule has 2 aliphatic rings. The molecule has 0 aliphatic carbocycles. The Kier molecular flexibility index (Phi) is 3.59. The number of amides is 2. The van der Waals surface area contributed by atoms with Gasteiger partial charge in [0.05, 0.1) is 25.1 Å². The Bertz CT molecular complexity index is 353. The summed E-state index contributed by atoms with van der Waals surface area (Å²) in [7, 11) is 0. The van der Waals surface area contributed by atoms with Crippen LogP contribution in [0.3, 0.4) is 0 Å². The molecule has 2 fully saturated rings. The molecule has 2 aliphatic heterocycles. The largest absolute Gasteiger partial charge is 0.360 e. The summed E-state index contributed by atoms with van der Waals surface area (Å²) in [5.74, 6) is -0.121. The molecule has 2 amide bonds. The van der Waals surface area contributed by atoms with Crippen LogP contribution >= 0.6 is 0 Å². The zero-order valence-corrected chi connectivity index (χ0v) is 9.52. The van der Waals surface area contributed by atoms with E-state index in [1.165, 1.54) is 0 Å². The highest BCUT2D eigenvalue weighted by atomic mass is 16.5. The van der Waals surface area contributed by atoms with Gasteiger partial charge in [-0.25, -0.2) is 0 Å². The van der Waals surface area contributed by atoms with Crippen molar-refractivity contribution in [2.45, 2.75) is 18.9 Å². The zero-order valence-electron chi connectivity index (χ0n) is 9.52. The molecule has 0 aromatic rings. The number of carbonyl (C=O) groups is 2. The van der Waals surface area contributed by atoms with Crippen LogP contribution in [-0.4, -0.2) is 49.1 Å². The van der Waals surface area contributed by atoms with Crippen LogP contribution in [0.25, 0.3) is 0 Å². The molecule has 2 saturated heterocycles. The molecular weight excluding hydrogens is 222 g/mol. The molecule has 17 heavy (non-hydrogen) atoms. The predicted octanol–water partition coefficient (Wildman–Crippen LogP) is -0.736. The van der Waals surface area contributed by atoms with E-state index in [1.807, 2.05) is 6.07 Å². The molecule has 0 spiro atoms. The van der Waals surface area contributed by atoms with Gasteiger partial charge in [0.25, 0.3) is 0 Å². The van der Waals surface area contributed by atoms with Crippen molar-refractivity contribution in [1.29, 1.82) is 5.26 Å². The minimum atomic E-state index is -0.522. The Morgan fingerprint density at radius 3 is 3.06 bits per heavy atom. The summed E-state index contributed by atoms with van der Waals surface area (Å²) < 4.78 is 5.19. The molecule has 0 aromatic heterocycles. The van der Waals surface area contributed by atoms with Gasteiger partial charge in [0, 0.05) is 19.5 Å². The number of piperidine rings is 1. The van der Waals surface area contributed by atoms with E-state index in [4.69, 9.17) is 10.00 Å². The van der Waals surface area contributed by atoms with Gasteiger partial charge in [-0.05, 0) is 6.42 Å². The van der Waals surface area contributed by atoms with Gasteiger partial charge in [0.1, 0.15) is 0 Å². The molecule has 2 rings (SSSR count). The summed E-state index contributed by atoms with van der Waals surface area (Å²) in [5, 5.41) is 11.5. The molecule has 6 heteroatoms. The number of carbonyl (C=O) groups excluding carboxylic acids is 2. The number of nitrogens with one attached hydrogen (secondary N) is 1. The summed E-state index contributed by atoms with van der Waals surface area (Å²) in [5.41, 5.74) is 0.